The summed E-state index contributed by atoms with van der Waals surface area (Å²) in [6, 6.07) is 83.1. The van der Waals surface area contributed by atoms with E-state index >= 15 is 0 Å². The first-order valence-electron chi connectivity index (χ1n) is 21.2. The quantitative estimate of drug-likeness (QED) is 0.157. The molecule has 12 rings (SSSR count). The number of hydrogen-bond acceptors (Lipinski definition) is 2. The lowest BCUT2D eigenvalue weighted by molar-refractivity contribution is 1.33. The van der Waals surface area contributed by atoms with Crippen molar-refractivity contribution in [3.05, 3.63) is 231 Å². The van der Waals surface area contributed by atoms with Crippen molar-refractivity contribution in [3.63, 3.8) is 0 Å². The Kier molecular flexibility index (Phi) is 8.53. The highest BCUT2D eigenvalue weighted by Gasteiger charge is 2.16. The normalized spacial score (nSPS) is 11.5. The van der Waals surface area contributed by atoms with Crippen LogP contribution in [0.15, 0.2) is 231 Å². The second kappa shape index (κ2) is 14.8. The fourth-order valence-electron chi connectivity index (χ4n) is 9.37. The first kappa shape index (κ1) is 35.7. The monoisotopic (exact) mass is 786 g/mol. The molecule has 2 heterocycles. The van der Waals surface area contributed by atoms with Crippen LogP contribution in [-0.4, -0.2) is 9.97 Å². The maximum atomic E-state index is 5.29. The molecule has 288 valence electrons. The molecule has 0 N–H and O–H groups in total. The van der Waals surface area contributed by atoms with Crippen molar-refractivity contribution in [1.29, 1.82) is 0 Å². The molecule has 10 aromatic carbocycles. The van der Waals surface area contributed by atoms with Gasteiger partial charge in [-0.05, 0) is 160 Å². The van der Waals surface area contributed by atoms with E-state index in [-0.39, 0.29) is 0 Å². The lowest BCUT2D eigenvalue weighted by Crippen LogP contribution is -1.93. The molecule has 0 saturated carbocycles. The van der Waals surface area contributed by atoms with E-state index < -0.39 is 0 Å². The van der Waals surface area contributed by atoms with Crippen LogP contribution in [0.3, 0.4) is 0 Å². The molecule has 0 saturated heterocycles. The van der Waals surface area contributed by atoms with E-state index in [4.69, 9.17) is 9.97 Å². The highest BCUT2D eigenvalue weighted by molar-refractivity contribution is 6.15. The molecule has 0 aliphatic carbocycles. The smallest absolute Gasteiger partial charge is 0.0894 e. The Bertz CT molecular complexity index is 3440. The van der Waals surface area contributed by atoms with Crippen molar-refractivity contribution in [2.45, 2.75) is 0 Å². The molecule has 0 spiro atoms. The second-order valence-electron chi connectivity index (χ2n) is 16.1. The average molecular weight is 787 g/mol. The van der Waals surface area contributed by atoms with Crippen LogP contribution in [0, 0.1) is 0 Å². The fraction of sp³-hybridized carbons (Fsp3) is 0. The first-order valence-corrected chi connectivity index (χ1v) is 21.2. The Labute approximate surface area is 360 Å². The second-order valence-corrected chi connectivity index (χ2v) is 16.1. The van der Waals surface area contributed by atoms with Crippen LogP contribution in [0.1, 0.15) is 0 Å². The number of fused-ring (bicyclic) bond motifs is 7. The Morgan fingerprint density at radius 3 is 0.984 bits per heavy atom. The molecule has 0 aliphatic heterocycles. The van der Waals surface area contributed by atoms with Gasteiger partial charge in [0.1, 0.15) is 0 Å². The summed E-state index contributed by atoms with van der Waals surface area (Å²) in [5, 5.41) is 9.96. The van der Waals surface area contributed by atoms with Gasteiger partial charge in [-0.25, -0.2) is 9.97 Å². The van der Waals surface area contributed by atoms with Gasteiger partial charge in [-0.15, -0.1) is 0 Å². The Morgan fingerprint density at radius 2 is 0.548 bits per heavy atom. The third-order valence-corrected chi connectivity index (χ3v) is 12.4. The third-order valence-electron chi connectivity index (χ3n) is 12.4. The van der Waals surface area contributed by atoms with Crippen molar-refractivity contribution >= 4 is 54.1 Å². The third kappa shape index (κ3) is 6.29. The lowest BCUT2D eigenvalue weighted by atomic mass is 9.90. The standard InChI is InChI=1S/C60H38N2/c1-3-15-39(16-4-1)43-31-45(55-37-41-19-7-9-21-49(41)51-23-11-13-25-53(51)55)35-47(33-43)57-27-29-60-59(61-57)30-28-58(62-60)48-34-44(40-17-5-2-6-18-40)32-46(36-48)56-38-42-20-8-10-22-50(42)52-24-12-14-26-54(52)56/h1-38H. The summed E-state index contributed by atoms with van der Waals surface area (Å²) in [5.74, 6) is 0. The largest absolute Gasteiger partial charge is 0.246 e. The van der Waals surface area contributed by atoms with Crippen molar-refractivity contribution in [2.24, 2.45) is 0 Å². The molecule has 0 atom stereocenters. The topological polar surface area (TPSA) is 25.8 Å². The maximum absolute atomic E-state index is 5.29. The number of pyridine rings is 2. The van der Waals surface area contributed by atoms with E-state index in [0.29, 0.717) is 0 Å². The van der Waals surface area contributed by atoms with Crippen LogP contribution in [-0.2, 0) is 0 Å². The molecular weight excluding hydrogens is 749 g/mol. The fourth-order valence-corrected chi connectivity index (χ4v) is 9.37. The summed E-state index contributed by atoms with van der Waals surface area (Å²) in [6.45, 7) is 0. The summed E-state index contributed by atoms with van der Waals surface area (Å²) in [7, 11) is 0. The summed E-state index contributed by atoms with van der Waals surface area (Å²) in [6.07, 6.45) is 0. The Hall–Kier alpha value is -8.20. The molecule has 12 aromatic rings. The van der Waals surface area contributed by atoms with Crippen LogP contribution < -0.4 is 0 Å². The van der Waals surface area contributed by atoms with Gasteiger partial charge in [0.25, 0.3) is 0 Å². The van der Waals surface area contributed by atoms with Gasteiger partial charge in [-0.2, -0.15) is 0 Å². The van der Waals surface area contributed by atoms with E-state index in [9.17, 15) is 0 Å². The predicted octanol–water partition coefficient (Wildman–Crippen LogP) is 16.2. The van der Waals surface area contributed by atoms with Crippen molar-refractivity contribution in [1.82, 2.24) is 9.97 Å². The zero-order valence-electron chi connectivity index (χ0n) is 33.8. The van der Waals surface area contributed by atoms with Crippen molar-refractivity contribution in [2.75, 3.05) is 0 Å². The molecule has 0 bridgehead atoms. The van der Waals surface area contributed by atoms with Gasteiger partial charge in [0, 0.05) is 11.1 Å². The van der Waals surface area contributed by atoms with Gasteiger partial charge in [0.05, 0.1) is 22.4 Å². The van der Waals surface area contributed by atoms with E-state index in [2.05, 4.69) is 231 Å². The van der Waals surface area contributed by atoms with Gasteiger partial charge in [-0.3, -0.25) is 0 Å². The Morgan fingerprint density at radius 1 is 0.210 bits per heavy atom. The molecule has 62 heavy (non-hydrogen) atoms. The molecule has 2 aromatic heterocycles. The Balaban J connectivity index is 0.993. The molecular formula is C60H38N2. The minimum atomic E-state index is 0.856. The van der Waals surface area contributed by atoms with Gasteiger partial charge in [-0.1, -0.05) is 158 Å². The number of benzene rings is 10. The number of nitrogens with zero attached hydrogens (tertiary/aromatic N) is 2. The zero-order chi connectivity index (χ0) is 41.0. The van der Waals surface area contributed by atoms with Gasteiger partial charge in [0.15, 0.2) is 0 Å². The van der Waals surface area contributed by atoms with Gasteiger partial charge >= 0.3 is 0 Å². The molecule has 2 nitrogen and oxygen atoms in total. The SMILES string of the molecule is c1ccc(-c2cc(-c3ccc4nc(-c5cc(-c6ccccc6)cc(-c6cc7ccccc7c7ccccc67)c5)ccc4n3)cc(-c3cc4ccccc4c4ccccc34)c2)cc1. The van der Waals surface area contributed by atoms with Crippen LogP contribution in [0.5, 0.6) is 0 Å². The van der Waals surface area contributed by atoms with E-state index in [1.54, 1.807) is 0 Å². The number of hydrogen-bond donors (Lipinski definition) is 0. The van der Waals surface area contributed by atoms with Crippen LogP contribution >= 0.6 is 0 Å². The van der Waals surface area contributed by atoms with Crippen molar-refractivity contribution < 1.29 is 0 Å². The molecule has 2 heteroatoms. The highest BCUT2D eigenvalue weighted by Crippen LogP contribution is 2.41. The highest BCUT2D eigenvalue weighted by atomic mass is 14.8. The minimum Gasteiger partial charge on any atom is -0.246 e. The molecule has 0 unspecified atom stereocenters. The van der Waals surface area contributed by atoms with E-state index in [0.717, 1.165) is 55.8 Å². The van der Waals surface area contributed by atoms with E-state index in [1.165, 1.54) is 65.3 Å². The molecule has 0 fully saturated rings. The average Bonchev–Trinajstić information content (AvgIpc) is 3.35. The minimum absolute atomic E-state index is 0.856. The first-order chi connectivity index (χ1) is 30.7. The van der Waals surface area contributed by atoms with Gasteiger partial charge in [0.2, 0.25) is 0 Å². The summed E-state index contributed by atoms with van der Waals surface area (Å²) in [5.41, 5.74) is 15.0. The van der Waals surface area contributed by atoms with Crippen LogP contribution in [0.4, 0.5) is 0 Å². The van der Waals surface area contributed by atoms with Crippen molar-refractivity contribution in [3.8, 4) is 67.0 Å². The number of rotatable bonds is 6. The summed E-state index contributed by atoms with van der Waals surface area (Å²) < 4.78 is 0. The van der Waals surface area contributed by atoms with Gasteiger partial charge < -0.3 is 0 Å². The summed E-state index contributed by atoms with van der Waals surface area (Å²) >= 11 is 0. The lowest BCUT2D eigenvalue weighted by Gasteiger charge is -2.15. The maximum Gasteiger partial charge on any atom is 0.0894 e. The molecule has 0 amide bonds. The molecule has 0 aliphatic rings. The summed E-state index contributed by atoms with van der Waals surface area (Å²) in [4.78, 5) is 10.6. The van der Waals surface area contributed by atoms with Crippen LogP contribution in [0.2, 0.25) is 0 Å². The van der Waals surface area contributed by atoms with Crippen LogP contribution in [0.25, 0.3) is 121 Å². The predicted molar refractivity (Wildman–Crippen MR) is 262 cm³/mol. The zero-order valence-corrected chi connectivity index (χ0v) is 33.8. The number of aromatic nitrogens is 2. The molecule has 0 radical (unpaired) electrons. The van der Waals surface area contributed by atoms with E-state index in [1.807, 2.05) is 0 Å².